The van der Waals surface area contributed by atoms with Gasteiger partial charge in [0.25, 0.3) is 0 Å². The fourth-order valence-electron chi connectivity index (χ4n) is 4.19. The quantitative estimate of drug-likeness (QED) is 0.326. The third kappa shape index (κ3) is 8.60. The van der Waals surface area contributed by atoms with E-state index in [0.29, 0.717) is 5.56 Å². The summed E-state index contributed by atoms with van der Waals surface area (Å²) >= 11 is 3.41. The molecule has 0 bridgehead atoms. The van der Waals surface area contributed by atoms with E-state index in [-0.39, 0.29) is 40.5 Å². The smallest absolute Gasteiger partial charge is 0.311 e. The zero-order valence-corrected chi connectivity index (χ0v) is 26.7. The monoisotopic (exact) mass is 608 g/mol. The molecule has 1 aliphatic carbocycles. The van der Waals surface area contributed by atoms with Gasteiger partial charge < -0.3 is 9.47 Å². The molecule has 3 rings (SSSR count). The second-order valence-electron chi connectivity index (χ2n) is 14.1. The molecule has 0 N–H and O–H groups in total. The maximum Gasteiger partial charge on any atom is 0.311 e. The van der Waals surface area contributed by atoms with Gasteiger partial charge in [-0.1, -0.05) is 56.6 Å². The van der Waals surface area contributed by atoms with Gasteiger partial charge in [0.15, 0.2) is 0 Å². The number of hydrogen-bond donors (Lipinski definition) is 0. The standard InChI is InChI=1S/C16H22BrFO2.C16H21FO2/c1-15(2,3)13(20-14(19)16(4,5)6)11-9-10(18)7-8-12(11)17;1-15(2,3)14(18)19-13-12-8-11(17)7-6-10(12)9-16(13,4)5/h7-9,13H,1-6H3;6-8,13H,9H2,1-5H3. The Morgan fingerprint density at radius 1 is 0.872 bits per heavy atom. The predicted molar refractivity (Wildman–Crippen MR) is 154 cm³/mol. The van der Waals surface area contributed by atoms with Crippen LogP contribution in [0.5, 0.6) is 0 Å². The van der Waals surface area contributed by atoms with Crippen molar-refractivity contribution in [2.24, 2.45) is 21.7 Å². The Kier molecular flexibility index (Phi) is 9.86. The average Bonchev–Trinajstić information content (AvgIpc) is 3.01. The Morgan fingerprint density at radius 3 is 1.90 bits per heavy atom. The normalized spacial score (nSPS) is 17.4. The summed E-state index contributed by atoms with van der Waals surface area (Å²) in [7, 11) is 0. The highest BCUT2D eigenvalue weighted by Crippen LogP contribution is 2.48. The third-order valence-electron chi connectivity index (χ3n) is 6.45. The average molecular weight is 610 g/mol. The summed E-state index contributed by atoms with van der Waals surface area (Å²) < 4.78 is 39.0. The molecule has 0 saturated heterocycles. The van der Waals surface area contributed by atoms with Crippen LogP contribution in [0.3, 0.4) is 0 Å². The number of ether oxygens (including phenoxy) is 2. The van der Waals surface area contributed by atoms with E-state index in [1.807, 2.05) is 55.4 Å². The van der Waals surface area contributed by atoms with Crippen LogP contribution < -0.4 is 0 Å². The van der Waals surface area contributed by atoms with E-state index in [0.717, 1.165) is 22.0 Å². The zero-order valence-electron chi connectivity index (χ0n) is 25.1. The van der Waals surface area contributed by atoms with Crippen LogP contribution in [0.2, 0.25) is 0 Å². The molecule has 39 heavy (non-hydrogen) atoms. The number of halogens is 3. The van der Waals surface area contributed by atoms with Gasteiger partial charge in [-0.25, -0.2) is 8.78 Å². The first-order valence-corrected chi connectivity index (χ1v) is 14.0. The SMILES string of the molecule is CC(C)(C)C(=O)OC(c1cc(F)ccc1Br)C(C)(C)C.CC(C)(C)C(=O)OC1c2cc(F)ccc2CC1(C)C. The number of rotatable bonds is 3. The first-order chi connectivity index (χ1) is 17.5. The maximum absolute atomic E-state index is 13.5. The first-order valence-electron chi connectivity index (χ1n) is 13.2. The summed E-state index contributed by atoms with van der Waals surface area (Å²) in [5, 5.41) is 0. The molecule has 2 aromatic rings. The van der Waals surface area contributed by atoms with E-state index >= 15 is 0 Å². The largest absolute Gasteiger partial charge is 0.456 e. The Balaban J connectivity index is 0.000000274. The lowest BCUT2D eigenvalue weighted by molar-refractivity contribution is -0.165. The molecule has 1 aliphatic rings. The van der Waals surface area contributed by atoms with Gasteiger partial charge in [-0.15, -0.1) is 0 Å². The van der Waals surface area contributed by atoms with Gasteiger partial charge in [0.05, 0.1) is 10.8 Å². The molecule has 0 heterocycles. The van der Waals surface area contributed by atoms with Crippen molar-refractivity contribution in [3.05, 3.63) is 69.2 Å². The molecular weight excluding hydrogens is 566 g/mol. The Hall–Kier alpha value is -2.28. The van der Waals surface area contributed by atoms with E-state index in [1.54, 1.807) is 32.9 Å². The van der Waals surface area contributed by atoms with Crippen LogP contribution >= 0.6 is 15.9 Å². The van der Waals surface area contributed by atoms with E-state index in [9.17, 15) is 18.4 Å². The van der Waals surface area contributed by atoms with Crippen LogP contribution in [0.15, 0.2) is 40.9 Å². The molecule has 0 fully saturated rings. The van der Waals surface area contributed by atoms with Crippen LogP contribution in [-0.4, -0.2) is 11.9 Å². The second-order valence-corrected chi connectivity index (χ2v) is 15.0. The van der Waals surface area contributed by atoms with Gasteiger partial charge in [-0.3, -0.25) is 9.59 Å². The minimum absolute atomic E-state index is 0.197. The van der Waals surface area contributed by atoms with Crippen LogP contribution in [0.4, 0.5) is 8.78 Å². The fourth-order valence-corrected chi connectivity index (χ4v) is 4.64. The highest BCUT2D eigenvalue weighted by molar-refractivity contribution is 9.10. The Labute approximate surface area is 241 Å². The summed E-state index contributed by atoms with van der Waals surface area (Å²) in [4.78, 5) is 24.2. The molecule has 2 atom stereocenters. The van der Waals surface area contributed by atoms with E-state index < -0.39 is 16.9 Å². The molecule has 2 unspecified atom stereocenters. The number of fused-ring (bicyclic) bond motifs is 1. The van der Waals surface area contributed by atoms with Gasteiger partial charge in [-0.2, -0.15) is 0 Å². The number of benzene rings is 2. The van der Waals surface area contributed by atoms with Gasteiger partial charge in [0, 0.05) is 20.9 Å². The third-order valence-corrected chi connectivity index (χ3v) is 7.17. The molecule has 216 valence electrons. The van der Waals surface area contributed by atoms with E-state index in [4.69, 9.17) is 9.47 Å². The minimum atomic E-state index is -0.594. The van der Waals surface area contributed by atoms with E-state index in [2.05, 4.69) is 15.9 Å². The van der Waals surface area contributed by atoms with Crippen molar-refractivity contribution in [3.63, 3.8) is 0 Å². The summed E-state index contributed by atoms with van der Waals surface area (Å²) in [6.07, 6.45) is -0.0886. The zero-order chi connectivity index (χ0) is 30.1. The van der Waals surface area contributed by atoms with E-state index in [1.165, 1.54) is 24.3 Å². The van der Waals surface area contributed by atoms with Crippen molar-refractivity contribution >= 4 is 27.9 Å². The van der Waals surface area contributed by atoms with Crippen LogP contribution in [0, 0.1) is 33.3 Å². The van der Waals surface area contributed by atoms with Crippen molar-refractivity contribution < 1.29 is 27.8 Å². The van der Waals surface area contributed by atoms with Crippen molar-refractivity contribution in [2.45, 2.75) is 94.8 Å². The maximum atomic E-state index is 13.5. The molecular formula is C32H43BrF2O4. The second kappa shape index (κ2) is 11.7. The van der Waals surface area contributed by atoms with Crippen LogP contribution in [0.25, 0.3) is 0 Å². The lowest BCUT2D eigenvalue weighted by Crippen LogP contribution is -2.30. The Morgan fingerprint density at radius 2 is 1.38 bits per heavy atom. The van der Waals surface area contributed by atoms with Gasteiger partial charge >= 0.3 is 11.9 Å². The number of hydrogen-bond acceptors (Lipinski definition) is 4. The van der Waals surface area contributed by atoms with Crippen LogP contribution in [-0.2, 0) is 25.5 Å². The highest BCUT2D eigenvalue weighted by Gasteiger charge is 2.43. The molecule has 0 saturated carbocycles. The van der Waals surface area contributed by atoms with Crippen molar-refractivity contribution in [2.75, 3.05) is 0 Å². The Bertz CT molecular complexity index is 1200. The van der Waals surface area contributed by atoms with Crippen molar-refractivity contribution in [1.29, 1.82) is 0 Å². The molecule has 2 aromatic carbocycles. The fraction of sp³-hybridized carbons (Fsp3) is 0.562. The van der Waals surface area contributed by atoms with Crippen molar-refractivity contribution in [3.8, 4) is 0 Å². The molecule has 0 radical (unpaired) electrons. The van der Waals surface area contributed by atoms with Gasteiger partial charge in [-0.05, 0) is 89.4 Å². The van der Waals surface area contributed by atoms with Gasteiger partial charge in [0.1, 0.15) is 23.8 Å². The van der Waals surface area contributed by atoms with Crippen LogP contribution in [0.1, 0.15) is 105 Å². The molecule has 7 heteroatoms. The molecule has 0 amide bonds. The number of carbonyl (C=O) groups excluding carboxylic acids is 2. The summed E-state index contributed by atoms with van der Waals surface area (Å²) in [5.74, 6) is -1.17. The topological polar surface area (TPSA) is 52.6 Å². The molecule has 0 aromatic heterocycles. The highest BCUT2D eigenvalue weighted by atomic mass is 79.9. The summed E-state index contributed by atoms with van der Waals surface area (Å²) in [6.45, 7) is 20.9. The number of esters is 2. The predicted octanol–water partition coefficient (Wildman–Crippen LogP) is 9.30. The number of carbonyl (C=O) groups is 2. The lowest BCUT2D eigenvalue weighted by atomic mass is 9.84. The molecule has 4 nitrogen and oxygen atoms in total. The lowest BCUT2D eigenvalue weighted by Gasteiger charge is -2.33. The van der Waals surface area contributed by atoms with Gasteiger partial charge in [0.2, 0.25) is 0 Å². The molecule has 0 aliphatic heterocycles. The van der Waals surface area contributed by atoms with Crippen molar-refractivity contribution in [1.82, 2.24) is 0 Å². The minimum Gasteiger partial charge on any atom is -0.456 e. The summed E-state index contributed by atoms with van der Waals surface area (Å²) in [5.41, 5.74) is 0.847. The molecule has 0 spiro atoms. The summed E-state index contributed by atoms with van der Waals surface area (Å²) in [6, 6.07) is 9.16. The first kappa shape index (κ1) is 32.9.